The van der Waals surface area contributed by atoms with E-state index in [1.807, 2.05) is 11.6 Å². The predicted octanol–water partition coefficient (Wildman–Crippen LogP) is 2.34. The monoisotopic (exact) mass is 240 g/mol. The van der Waals surface area contributed by atoms with Crippen LogP contribution in [0.25, 0.3) is 0 Å². The average molecular weight is 240 g/mol. The van der Waals surface area contributed by atoms with Crippen LogP contribution in [0.4, 0.5) is 0 Å². The number of aliphatic hydroxyl groups excluding tert-OH is 1. The maximum atomic E-state index is 8.82. The highest BCUT2D eigenvalue weighted by Crippen LogP contribution is 2.41. The molecule has 0 spiro atoms. The summed E-state index contributed by atoms with van der Waals surface area (Å²) in [7, 11) is 0. The summed E-state index contributed by atoms with van der Waals surface area (Å²) in [4.78, 5) is 4.42. The molecule has 1 aromatic heterocycles. The van der Waals surface area contributed by atoms with Crippen molar-refractivity contribution in [1.29, 1.82) is 0 Å². The molecule has 0 aromatic carbocycles. The lowest BCUT2D eigenvalue weighted by molar-refractivity contribution is 0.272. The molecule has 0 bridgehead atoms. The first-order valence-corrected chi connectivity index (χ1v) is 6.95. The molecule has 2 rings (SSSR count). The summed E-state index contributed by atoms with van der Waals surface area (Å²) in [5.41, 5.74) is 0. The summed E-state index contributed by atoms with van der Waals surface area (Å²) in [5, 5.41) is 15.7. The Labute approximate surface area is 101 Å². The van der Waals surface area contributed by atoms with E-state index in [1.165, 1.54) is 17.8 Å². The highest BCUT2D eigenvalue weighted by atomic mass is 32.1. The second-order valence-corrected chi connectivity index (χ2v) is 5.55. The topological polar surface area (TPSA) is 45.1 Å². The maximum absolute atomic E-state index is 8.82. The molecule has 1 fully saturated rings. The molecule has 2 atom stereocenters. The number of hydrogen-bond acceptors (Lipinski definition) is 4. The molecule has 3 nitrogen and oxygen atoms in total. The van der Waals surface area contributed by atoms with Crippen LogP contribution in [0.15, 0.2) is 11.6 Å². The lowest BCUT2D eigenvalue weighted by atomic mass is 10.1. The highest BCUT2D eigenvalue weighted by Gasteiger charge is 2.34. The minimum absolute atomic E-state index is 0.289. The van der Waals surface area contributed by atoms with Gasteiger partial charge in [0, 0.05) is 24.2 Å². The number of aliphatic hydroxyl groups is 1. The van der Waals surface area contributed by atoms with Gasteiger partial charge in [-0.1, -0.05) is 0 Å². The third-order valence-corrected chi connectivity index (χ3v) is 3.93. The summed E-state index contributed by atoms with van der Waals surface area (Å²) in [5.74, 6) is 0.780. The zero-order valence-electron chi connectivity index (χ0n) is 9.72. The van der Waals surface area contributed by atoms with Crippen molar-refractivity contribution in [3.05, 3.63) is 16.6 Å². The van der Waals surface area contributed by atoms with Crippen LogP contribution in [-0.4, -0.2) is 22.7 Å². The van der Waals surface area contributed by atoms with Crippen molar-refractivity contribution in [3.8, 4) is 0 Å². The Morgan fingerprint density at radius 1 is 1.62 bits per heavy atom. The average Bonchev–Trinajstić information content (AvgIpc) is 2.98. The Morgan fingerprint density at radius 2 is 2.44 bits per heavy atom. The summed E-state index contributed by atoms with van der Waals surface area (Å²) < 4.78 is 0. The zero-order chi connectivity index (χ0) is 11.4. The van der Waals surface area contributed by atoms with E-state index in [0.29, 0.717) is 12.1 Å². The third-order valence-electron chi connectivity index (χ3n) is 3.07. The van der Waals surface area contributed by atoms with Gasteiger partial charge in [-0.25, -0.2) is 4.98 Å². The Hall–Kier alpha value is -0.450. The van der Waals surface area contributed by atoms with Crippen LogP contribution in [0.3, 0.4) is 0 Å². The molecule has 1 aliphatic carbocycles. The minimum Gasteiger partial charge on any atom is -0.396 e. The Kier molecular flexibility index (Phi) is 4.32. The number of thiazole rings is 1. The second kappa shape index (κ2) is 5.75. The predicted molar refractivity (Wildman–Crippen MR) is 66.5 cm³/mol. The van der Waals surface area contributed by atoms with Gasteiger partial charge >= 0.3 is 0 Å². The van der Waals surface area contributed by atoms with Crippen LogP contribution in [0.5, 0.6) is 0 Å². The van der Waals surface area contributed by atoms with E-state index < -0.39 is 0 Å². The van der Waals surface area contributed by atoms with Crippen molar-refractivity contribution in [3.63, 3.8) is 0 Å². The van der Waals surface area contributed by atoms with Gasteiger partial charge in [-0.05, 0) is 38.5 Å². The van der Waals surface area contributed by atoms with E-state index in [9.17, 15) is 0 Å². The molecule has 1 saturated carbocycles. The van der Waals surface area contributed by atoms with Crippen molar-refractivity contribution in [1.82, 2.24) is 10.3 Å². The van der Waals surface area contributed by atoms with Crippen LogP contribution in [0.1, 0.15) is 43.7 Å². The van der Waals surface area contributed by atoms with Crippen LogP contribution in [-0.2, 0) is 0 Å². The Balaban J connectivity index is 1.88. The van der Waals surface area contributed by atoms with E-state index in [-0.39, 0.29) is 6.61 Å². The fourth-order valence-corrected chi connectivity index (χ4v) is 2.80. The van der Waals surface area contributed by atoms with E-state index in [1.54, 1.807) is 11.3 Å². The van der Waals surface area contributed by atoms with Crippen LogP contribution < -0.4 is 5.32 Å². The maximum Gasteiger partial charge on any atom is 0.110 e. The molecule has 16 heavy (non-hydrogen) atoms. The quantitative estimate of drug-likeness (QED) is 0.769. The third kappa shape index (κ3) is 3.27. The molecule has 0 radical (unpaired) electrons. The van der Waals surface area contributed by atoms with Gasteiger partial charge in [0.05, 0.1) is 6.04 Å². The van der Waals surface area contributed by atoms with Crippen molar-refractivity contribution >= 4 is 11.3 Å². The summed E-state index contributed by atoms with van der Waals surface area (Å²) in [6.07, 6.45) is 6.44. The van der Waals surface area contributed by atoms with E-state index in [2.05, 4.69) is 17.2 Å². The molecular formula is C12H20N2OS. The molecule has 1 heterocycles. The smallest absolute Gasteiger partial charge is 0.110 e. The van der Waals surface area contributed by atoms with Gasteiger partial charge in [-0.15, -0.1) is 11.3 Å². The highest BCUT2D eigenvalue weighted by molar-refractivity contribution is 7.09. The molecule has 2 N–H and O–H groups in total. The number of nitrogens with one attached hydrogen (secondary N) is 1. The van der Waals surface area contributed by atoms with E-state index in [0.717, 1.165) is 18.8 Å². The van der Waals surface area contributed by atoms with Crippen LogP contribution in [0.2, 0.25) is 0 Å². The van der Waals surface area contributed by atoms with Gasteiger partial charge in [0.2, 0.25) is 0 Å². The van der Waals surface area contributed by atoms with Crippen molar-refractivity contribution in [2.75, 3.05) is 6.61 Å². The van der Waals surface area contributed by atoms with Gasteiger partial charge in [0.15, 0.2) is 0 Å². The molecule has 0 saturated heterocycles. The first-order chi connectivity index (χ1) is 7.81. The lowest BCUT2D eigenvalue weighted by Gasteiger charge is -2.21. The normalized spacial score (nSPS) is 19.6. The number of nitrogens with zero attached hydrogens (tertiary/aromatic N) is 1. The molecule has 0 aliphatic heterocycles. The molecule has 90 valence electrons. The van der Waals surface area contributed by atoms with E-state index >= 15 is 0 Å². The molecule has 1 aliphatic rings. The molecular weight excluding hydrogens is 220 g/mol. The largest absolute Gasteiger partial charge is 0.396 e. The van der Waals surface area contributed by atoms with Crippen LogP contribution in [0, 0.1) is 5.92 Å². The van der Waals surface area contributed by atoms with Crippen LogP contribution >= 0.6 is 11.3 Å². The number of rotatable bonds is 7. The van der Waals surface area contributed by atoms with Gasteiger partial charge < -0.3 is 10.4 Å². The number of hydrogen-bond donors (Lipinski definition) is 2. The second-order valence-electron chi connectivity index (χ2n) is 4.62. The van der Waals surface area contributed by atoms with E-state index in [4.69, 9.17) is 5.11 Å². The van der Waals surface area contributed by atoms with Crippen molar-refractivity contribution < 1.29 is 5.11 Å². The molecule has 1 aromatic rings. The fraction of sp³-hybridized carbons (Fsp3) is 0.750. The van der Waals surface area contributed by atoms with Gasteiger partial charge in [-0.2, -0.15) is 0 Å². The standard InChI is InChI=1S/C12H20N2OS/c1-9(3-2-7-15)14-11(10-4-5-10)12-13-6-8-16-12/h6,8-11,14-15H,2-5,7H2,1H3. The molecule has 4 heteroatoms. The van der Waals surface area contributed by atoms with Crippen molar-refractivity contribution in [2.45, 2.75) is 44.7 Å². The Morgan fingerprint density at radius 3 is 3.00 bits per heavy atom. The van der Waals surface area contributed by atoms with Gasteiger partial charge in [0.1, 0.15) is 5.01 Å². The first-order valence-electron chi connectivity index (χ1n) is 6.07. The summed E-state index contributed by atoms with van der Waals surface area (Å²) in [6, 6.07) is 0.898. The summed E-state index contributed by atoms with van der Waals surface area (Å²) >= 11 is 1.74. The Bertz CT molecular complexity index is 298. The fourth-order valence-electron chi connectivity index (χ4n) is 2.01. The first kappa shape index (κ1) is 12.0. The SMILES string of the molecule is CC(CCCO)NC(c1nccs1)C1CC1. The number of aromatic nitrogens is 1. The molecule has 2 unspecified atom stereocenters. The van der Waals surface area contributed by atoms with Crippen molar-refractivity contribution in [2.24, 2.45) is 5.92 Å². The van der Waals surface area contributed by atoms with Gasteiger partial charge in [0.25, 0.3) is 0 Å². The minimum atomic E-state index is 0.289. The zero-order valence-corrected chi connectivity index (χ0v) is 10.5. The van der Waals surface area contributed by atoms with Gasteiger partial charge in [-0.3, -0.25) is 0 Å². The summed E-state index contributed by atoms with van der Waals surface area (Å²) in [6.45, 7) is 2.48. The molecule has 0 amide bonds. The lowest BCUT2D eigenvalue weighted by Crippen LogP contribution is -2.31.